The van der Waals surface area contributed by atoms with E-state index >= 15 is 0 Å². The van der Waals surface area contributed by atoms with Gasteiger partial charge in [0.05, 0.1) is 0 Å². The molecule has 3 aliphatic heterocycles. The Morgan fingerprint density at radius 1 is 1.39 bits per heavy atom. The number of piperazine rings is 1. The first-order chi connectivity index (χ1) is 8.69. The molecule has 94 valence electrons. The van der Waals surface area contributed by atoms with Crippen LogP contribution in [0.15, 0.2) is 37.7 Å². The van der Waals surface area contributed by atoms with Crippen LogP contribution in [0.1, 0.15) is 17.7 Å². The fraction of sp³-hybridized carbons (Fsp3) is 0.400. The minimum absolute atomic E-state index is 0.622. The number of piperidine rings is 1. The van der Waals surface area contributed by atoms with Crippen molar-refractivity contribution in [1.82, 2.24) is 14.8 Å². The molecule has 0 spiro atoms. The van der Waals surface area contributed by atoms with E-state index in [0.717, 1.165) is 30.0 Å². The predicted octanol–water partition coefficient (Wildman–Crippen LogP) is 2.26. The maximum absolute atomic E-state index is 4.34. The van der Waals surface area contributed by atoms with Gasteiger partial charge < -0.3 is 9.80 Å². The average molecular weight is 241 g/mol. The van der Waals surface area contributed by atoms with Gasteiger partial charge in [0, 0.05) is 48.3 Å². The molecule has 0 saturated carbocycles. The van der Waals surface area contributed by atoms with Crippen molar-refractivity contribution < 1.29 is 0 Å². The molecule has 3 saturated heterocycles. The molecule has 0 radical (unpaired) electrons. The smallest absolute Gasteiger partial charge is 0.0483 e. The summed E-state index contributed by atoms with van der Waals surface area (Å²) in [6, 6.07) is 5.39. The van der Waals surface area contributed by atoms with E-state index in [9.17, 15) is 0 Å². The second-order valence-electron chi connectivity index (χ2n) is 5.21. The van der Waals surface area contributed by atoms with Crippen molar-refractivity contribution in [3.63, 3.8) is 0 Å². The third-order valence-corrected chi connectivity index (χ3v) is 4.09. The number of pyridine rings is 1. The van der Waals surface area contributed by atoms with Crippen molar-refractivity contribution >= 4 is 5.70 Å². The zero-order valence-electron chi connectivity index (χ0n) is 10.8. The van der Waals surface area contributed by atoms with Crippen molar-refractivity contribution in [2.45, 2.75) is 25.4 Å². The molecule has 2 atom stereocenters. The van der Waals surface area contributed by atoms with Crippen LogP contribution in [0.25, 0.3) is 5.70 Å². The first kappa shape index (κ1) is 11.3. The van der Waals surface area contributed by atoms with Crippen molar-refractivity contribution in [3.05, 3.63) is 48.9 Å². The van der Waals surface area contributed by atoms with Crippen LogP contribution < -0.4 is 0 Å². The lowest BCUT2D eigenvalue weighted by Crippen LogP contribution is -2.65. The molecular formula is C15H19N3. The molecule has 3 heteroatoms. The third kappa shape index (κ3) is 1.70. The van der Waals surface area contributed by atoms with Crippen molar-refractivity contribution in [3.8, 4) is 0 Å². The number of nitrogens with zero attached hydrogens (tertiary/aromatic N) is 3. The van der Waals surface area contributed by atoms with Crippen LogP contribution in [-0.2, 0) is 0 Å². The molecule has 3 nitrogen and oxygen atoms in total. The number of hydrogen-bond acceptors (Lipinski definition) is 3. The largest absolute Gasteiger partial charge is 0.368 e. The maximum atomic E-state index is 4.34. The number of aromatic nitrogens is 1. The minimum atomic E-state index is 0.622. The number of rotatable bonds is 3. The summed E-state index contributed by atoms with van der Waals surface area (Å²) >= 11 is 0. The maximum Gasteiger partial charge on any atom is 0.0483 e. The standard InChI is InChI=1S/C15H19N3/c1-4-18-14-7-15(18)10-17(9-14)12(3)13-6-5-11(2)16-8-13/h4-6,8,14-15H,1,3,7,9-10H2,2H3. The van der Waals surface area contributed by atoms with Crippen LogP contribution in [0.5, 0.6) is 0 Å². The van der Waals surface area contributed by atoms with Crippen molar-refractivity contribution in [1.29, 1.82) is 0 Å². The monoisotopic (exact) mass is 241 g/mol. The van der Waals surface area contributed by atoms with E-state index in [1.807, 2.05) is 25.4 Å². The Kier molecular flexibility index (Phi) is 2.62. The molecule has 2 bridgehead atoms. The van der Waals surface area contributed by atoms with Crippen molar-refractivity contribution in [2.24, 2.45) is 0 Å². The first-order valence-electron chi connectivity index (χ1n) is 6.46. The molecule has 0 N–H and O–H groups in total. The number of aryl methyl sites for hydroxylation is 1. The molecular weight excluding hydrogens is 222 g/mol. The van der Waals surface area contributed by atoms with Crippen LogP contribution >= 0.6 is 0 Å². The van der Waals surface area contributed by atoms with Gasteiger partial charge in [-0.15, -0.1) is 0 Å². The van der Waals surface area contributed by atoms with E-state index < -0.39 is 0 Å². The topological polar surface area (TPSA) is 19.4 Å². The molecule has 0 aliphatic carbocycles. The molecule has 3 aliphatic rings. The van der Waals surface area contributed by atoms with Gasteiger partial charge in [-0.1, -0.05) is 13.2 Å². The first-order valence-corrected chi connectivity index (χ1v) is 6.46. The van der Waals surface area contributed by atoms with Gasteiger partial charge in [-0.2, -0.15) is 0 Å². The molecule has 18 heavy (non-hydrogen) atoms. The summed E-state index contributed by atoms with van der Waals surface area (Å²) in [4.78, 5) is 9.09. The Morgan fingerprint density at radius 2 is 2.11 bits per heavy atom. The molecule has 3 fully saturated rings. The summed E-state index contributed by atoms with van der Waals surface area (Å²) in [5.74, 6) is 0. The fourth-order valence-electron chi connectivity index (χ4n) is 2.98. The molecule has 0 amide bonds. The summed E-state index contributed by atoms with van der Waals surface area (Å²) in [6.07, 6.45) is 5.19. The Labute approximate surface area is 108 Å². The van der Waals surface area contributed by atoms with E-state index in [0.29, 0.717) is 12.1 Å². The van der Waals surface area contributed by atoms with E-state index in [1.54, 1.807) is 0 Å². The van der Waals surface area contributed by atoms with Crippen LogP contribution in [0, 0.1) is 6.92 Å². The zero-order valence-corrected chi connectivity index (χ0v) is 10.8. The second-order valence-corrected chi connectivity index (χ2v) is 5.21. The number of hydrogen-bond donors (Lipinski definition) is 0. The lowest BCUT2D eigenvalue weighted by Gasteiger charge is -2.57. The van der Waals surface area contributed by atoms with Crippen molar-refractivity contribution in [2.75, 3.05) is 13.1 Å². The second kappa shape index (κ2) is 4.16. The molecule has 1 aromatic heterocycles. The number of fused-ring (bicyclic) bond motifs is 2. The summed E-state index contributed by atoms with van der Waals surface area (Å²) < 4.78 is 0. The molecule has 1 aromatic rings. The van der Waals surface area contributed by atoms with Gasteiger partial charge in [0.25, 0.3) is 0 Å². The Hall–Kier alpha value is -1.77. The van der Waals surface area contributed by atoms with Gasteiger partial charge in [0.1, 0.15) is 0 Å². The average Bonchev–Trinajstić information content (AvgIpc) is 2.39. The van der Waals surface area contributed by atoms with Crippen LogP contribution in [-0.4, -0.2) is 40.0 Å². The van der Waals surface area contributed by atoms with Gasteiger partial charge in [-0.25, -0.2) is 0 Å². The SMILES string of the molecule is C=CN1C2CC1CN(C(=C)c1ccc(C)nc1)C2. The predicted molar refractivity (Wildman–Crippen MR) is 73.8 cm³/mol. The molecule has 4 heterocycles. The van der Waals surface area contributed by atoms with Crippen LogP contribution in [0.2, 0.25) is 0 Å². The fourth-order valence-corrected chi connectivity index (χ4v) is 2.98. The Balaban J connectivity index is 1.72. The van der Waals surface area contributed by atoms with E-state index in [-0.39, 0.29) is 0 Å². The third-order valence-electron chi connectivity index (χ3n) is 4.09. The highest BCUT2D eigenvalue weighted by molar-refractivity contribution is 5.61. The van der Waals surface area contributed by atoms with Crippen LogP contribution in [0.4, 0.5) is 0 Å². The van der Waals surface area contributed by atoms with Gasteiger partial charge >= 0.3 is 0 Å². The van der Waals surface area contributed by atoms with Gasteiger partial charge in [0.15, 0.2) is 0 Å². The van der Waals surface area contributed by atoms with E-state index in [2.05, 4.69) is 34.0 Å². The highest BCUT2D eigenvalue weighted by Gasteiger charge is 2.42. The highest BCUT2D eigenvalue weighted by Crippen LogP contribution is 2.35. The van der Waals surface area contributed by atoms with Gasteiger partial charge in [-0.05, 0) is 31.7 Å². The summed E-state index contributed by atoms with van der Waals surface area (Å²) in [6.45, 7) is 12.2. The zero-order chi connectivity index (χ0) is 12.7. The molecule has 4 rings (SSSR count). The van der Waals surface area contributed by atoms with E-state index in [4.69, 9.17) is 0 Å². The Bertz CT molecular complexity index is 465. The Morgan fingerprint density at radius 3 is 2.67 bits per heavy atom. The van der Waals surface area contributed by atoms with E-state index in [1.165, 1.54) is 6.42 Å². The summed E-state index contributed by atoms with van der Waals surface area (Å²) in [5, 5.41) is 0. The van der Waals surface area contributed by atoms with Gasteiger partial charge in [0.2, 0.25) is 0 Å². The lowest BCUT2D eigenvalue weighted by molar-refractivity contribution is -0.0109. The highest BCUT2D eigenvalue weighted by atomic mass is 15.3. The normalized spacial score (nSPS) is 25.6. The quantitative estimate of drug-likeness (QED) is 0.809. The lowest BCUT2D eigenvalue weighted by atomic mass is 9.87. The summed E-state index contributed by atoms with van der Waals surface area (Å²) in [7, 11) is 0. The minimum Gasteiger partial charge on any atom is -0.368 e. The van der Waals surface area contributed by atoms with Gasteiger partial charge in [-0.3, -0.25) is 4.98 Å². The van der Waals surface area contributed by atoms with Crippen LogP contribution in [0.3, 0.4) is 0 Å². The summed E-state index contributed by atoms with van der Waals surface area (Å²) in [5.41, 5.74) is 3.28. The molecule has 0 aromatic carbocycles. The molecule has 2 unspecified atom stereocenters.